The highest BCUT2D eigenvalue weighted by molar-refractivity contribution is 9.10. The standard InChI is InChI=1S/C14H12BrFN2O2/c1-8-5-10(15)6-11(20-2)13(8)18-14(19)9-3-4-12(16)17-7-9/h3-7H,1-2H3,(H,18,19). The largest absolute Gasteiger partial charge is 0.495 e. The maximum Gasteiger partial charge on any atom is 0.257 e. The van der Waals surface area contributed by atoms with E-state index >= 15 is 0 Å². The Hall–Kier alpha value is -1.95. The van der Waals surface area contributed by atoms with Crippen LogP contribution in [0.15, 0.2) is 34.9 Å². The third kappa shape index (κ3) is 3.14. The molecule has 0 aliphatic rings. The van der Waals surface area contributed by atoms with Gasteiger partial charge in [0, 0.05) is 10.7 Å². The van der Waals surface area contributed by atoms with Crippen LogP contribution in [0.3, 0.4) is 0 Å². The second-order valence-corrected chi connectivity index (χ2v) is 5.04. The number of carbonyl (C=O) groups excluding carboxylic acids is 1. The zero-order chi connectivity index (χ0) is 14.7. The summed E-state index contributed by atoms with van der Waals surface area (Å²) in [6.07, 6.45) is 1.19. The van der Waals surface area contributed by atoms with E-state index in [4.69, 9.17) is 4.74 Å². The van der Waals surface area contributed by atoms with E-state index < -0.39 is 5.95 Å². The van der Waals surface area contributed by atoms with E-state index in [1.54, 1.807) is 6.07 Å². The quantitative estimate of drug-likeness (QED) is 0.870. The summed E-state index contributed by atoms with van der Waals surface area (Å²) < 4.78 is 18.8. The van der Waals surface area contributed by atoms with Crippen LogP contribution in [-0.4, -0.2) is 18.0 Å². The van der Waals surface area contributed by atoms with Gasteiger partial charge in [-0.3, -0.25) is 4.79 Å². The molecule has 0 spiro atoms. The lowest BCUT2D eigenvalue weighted by Gasteiger charge is -2.13. The van der Waals surface area contributed by atoms with Gasteiger partial charge in [-0.05, 0) is 36.8 Å². The zero-order valence-corrected chi connectivity index (χ0v) is 12.5. The van der Waals surface area contributed by atoms with Crippen molar-refractivity contribution in [2.45, 2.75) is 6.92 Å². The summed E-state index contributed by atoms with van der Waals surface area (Å²) in [5.41, 5.74) is 1.69. The molecule has 1 heterocycles. The van der Waals surface area contributed by atoms with Gasteiger partial charge in [-0.2, -0.15) is 4.39 Å². The molecule has 0 aliphatic heterocycles. The first-order chi connectivity index (χ1) is 9.51. The third-order valence-corrected chi connectivity index (χ3v) is 3.17. The molecule has 20 heavy (non-hydrogen) atoms. The summed E-state index contributed by atoms with van der Waals surface area (Å²) in [4.78, 5) is 15.5. The number of aromatic nitrogens is 1. The molecule has 1 amide bonds. The lowest BCUT2D eigenvalue weighted by atomic mass is 10.1. The Morgan fingerprint density at radius 3 is 2.75 bits per heavy atom. The van der Waals surface area contributed by atoms with Gasteiger partial charge in [0.1, 0.15) is 5.75 Å². The van der Waals surface area contributed by atoms with Crippen molar-refractivity contribution in [3.05, 3.63) is 52.0 Å². The van der Waals surface area contributed by atoms with Crippen LogP contribution in [0.5, 0.6) is 5.75 Å². The van der Waals surface area contributed by atoms with Crippen molar-refractivity contribution in [2.24, 2.45) is 0 Å². The molecule has 0 saturated carbocycles. The van der Waals surface area contributed by atoms with Crippen LogP contribution in [0.1, 0.15) is 15.9 Å². The summed E-state index contributed by atoms with van der Waals surface area (Å²) in [7, 11) is 1.52. The van der Waals surface area contributed by atoms with Crippen molar-refractivity contribution in [3.63, 3.8) is 0 Å². The van der Waals surface area contributed by atoms with E-state index in [9.17, 15) is 9.18 Å². The fraction of sp³-hybridized carbons (Fsp3) is 0.143. The van der Waals surface area contributed by atoms with Gasteiger partial charge in [0.05, 0.1) is 18.4 Å². The SMILES string of the molecule is COc1cc(Br)cc(C)c1NC(=O)c1ccc(F)nc1. The van der Waals surface area contributed by atoms with Crippen LogP contribution in [0.25, 0.3) is 0 Å². The van der Waals surface area contributed by atoms with Gasteiger partial charge >= 0.3 is 0 Å². The molecule has 1 N–H and O–H groups in total. The molecular weight excluding hydrogens is 327 g/mol. The maximum absolute atomic E-state index is 12.7. The Bertz CT molecular complexity index is 644. The minimum atomic E-state index is -0.626. The first kappa shape index (κ1) is 14.5. The lowest BCUT2D eigenvalue weighted by molar-refractivity contribution is 0.102. The zero-order valence-electron chi connectivity index (χ0n) is 10.9. The van der Waals surface area contributed by atoms with E-state index in [1.807, 2.05) is 13.0 Å². The smallest absolute Gasteiger partial charge is 0.257 e. The van der Waals surface area contributed by atoms with Gasteiger partial charge in [-0.15, -0.1) is 0 Å². The molecular formula is C14H12BrFN2O2. The number of ether oxygens (including phenoxy) is 1. The minimum absolute atomic E-state index is 0.274. The van der Waals surface area contributed by atoms with Crippen molar-refractivity contribution in [3.8, 4) is 5.75 Å². The molecule has 0 saturated heterocycles. The molecule has 2 rings (SSSR count). The summed E-state index contributed by atoms with van der Waals surface area (Å²) in [6.45, 7) is 1.85. The number of halogens is 2. The Morgan fingerprint density at radius 2 is 2.15 bits per heavy atom. The van der Waals surface area contributed by atoms with Crippen LogP contribution in [0.2, 0.25) is 0 Å². The number of nitrogens with one attached hydrogen (secondary N) is 1. The molecule has 1 aromatic heterocycles. The molecule has 2 aromatic rings. The van der Waals surface area contributed by atoms with Crippen molar-refractivity contribution in [1.29, 1.82) is 0 Å². The second-order valence-electron chi connectivity index (χ2n) is 4.12. The molecule has 104 valence electrons. The average Bonchev–Trinajstić information content (AvgIpc) is 2.42. The molecule has 0 unspecified atom stereocenters. The molecule has 1 aromatic carbocycles. The van der Waals surface area contributed by atoms with Gasteiger partial charge in [0.25, 0.3) is 5.91 Å². The fourth-order valence-electron chi connectivity index (χ4n) is 1.73. The number of hydrogen-bond donors (Lipinski definition) is 1. The fourth-order valence-corrected chi connectivity index (χ4v) is 2.28. The Morgan fingerprint density at radius 1 is 1.40 bits per heavy atom. The highest BCUT2D eigenvalue weighted by atomic mass is 79.9. The van der Waals surface area contributed by atoms with Crippen LogP contribution >= 0.6 is 15.9 Å². The second kappa shape index (κ2) is 6.00. The van der Waals surface area contributed by atoms with Crippen molar-refractivity contribution >= 4 is 27.5 Å². The van der Waals surface area contributed by atoms with Gasteiger partial charge in [-0.25, -0.2) is 4.98 Å². The lowest BCUT2D eigenvalue weighted by Crippen LogP contribution is -2.14. The minimum Gasteiger partial charge on any atom is -0.495 e. The highest BCUT2D eigenvalue weighted by Gasteiger charge is 2.13. The Kier molecular flexibility index (Phi) is 4.34. The molecule has 0 fully saturated rings. The number of hydrogen-bond acceptors (Lipinski definition) is 3. The number of aryl methyl sites for hydroxylation is 1. The van der Waals surface area contributed by atoms with E-state index in [-0.39, 0.29) is 11.5 Å². The van der Waals surface area contributed by atoms with Gasteiger partial charge in [0.2, 0.25) is 5.95 Å². The average molecular weight is 339 g/mol. The molecule has 4 nitrogen and oxygen atoms in total. The summed E-state index contributed by atoms with van der Waals surface area (Å²) in [5.74, 6) is -0.458. The van der Waals surface area contributed by atoms with E-state index in [2.05, 4.69) is 26.2 Å². The predicted octanol–water partition coefficient (Wildman–Crippen LogP) is 3.55. The number of nitrogens with zero attached hydrogens (tertiary/aromatic N) is 1. The summed E-state index contributed by atoms with van der Waals surface area (Å²) >= 11 is 3.36. The number of carbonyl (C=O) groups is 1. The van der Waals surface area contributed by atoms with Crippen LogP contribution < -0.4 is 10.1 Å². The number of rotatable bonds is 3. The van der Waals surface area contributed by atoms with Gasteiger partial charge in [-0.1, -0.05) is 15.9 Å². The first-order valence-corrected chi connectivity index (χ1v) is 6.57. The molecule has 0 radical (unpaired) electrons. The Balaban J connectivity index is 2.30. The number of benzene rings is 1. The van der Waals surface area contributed by atoms with Gasteiger partial charge in [0.15, 0.2) is 0 Å². The monoisotopic (exact) mass is 338 g/mol. The van der Waals surface area contributed by atoms with Crippen LogP contribution in [0.4, 0.5) is 10.1 Å². The predicted molar refractivity (Wildman–Crippen MR) is 77.6 cm³/mol. The topological polar surface area (TPSA) is 51.2 Å². The van der Waals surface area contributed by atoms with Gasteiger partial charge < -0.3 is 10.1 Å². The van der Waals surface area contributed by atoms with Crippen molar-refractivity contribution in [2.75, 3.05) is 12.4 Å². The number of anilines is 1. The van der Waals surface area contributed by atoms with E-state index in [0.717, 1.165) is 16.1 Å². The molecule has 0 bridgehead atoms. The number of amides is 1. The molecule has 6 heteroatoms. The highest BCUT2D eigenvalue weighted by Crippen LogP contribution is 2.32. The normalized spacial score (nSPS) is 10.2. The van der Waals surface area contributed by atoms with Crippen LogP contribution in [-0.2, 0) is 0 Å². The first-order valence-electron chi connectivity index (χ1n) is 5.78. The number of methoxy groups -OCH3 is 1. The van der Waals surface area contributed by atoms with Crippen molar-refractivity contribution < 1.29 is 13.9 Å². The Labute approximate surface area is 124 Å². The summed E-state index contributed by atoms with van der Waals surface area (Å²) in [6, 6.07) is 6.13. The maximum atomic E-state index is 12.7. The molecule has 0 aliphatic carbocycles. The summed E-state index contributed by atoms with van der Waals surface area (Å²) in [5, 5.41) is 2.75. The number of pyridine rings is 1. The van der Waals surface area contributed by atoms with E-state index in [1.165, 1.54) is 19.4 Å². The van der Waals surface area contributed by atoms with Crippen LogP contribution in [0, 0.1) is 12.9 Å². The third-order valence-electron chi connectivity index (χ3n) is 2.71. The molecule has 0 atom stereocenters. The van der Waals surface area contributed by atoms with Crippen molar-refractivity contribution in [1.82, 2.24) is 4.98 Å². The van der Waals surface area contributed by atoms with E-state index in [0.29, 0.717) is 11.4 Å².